The van der Waals surface area contributed by atoms with E-state index in [1.165, 1.54) is 44.9 Å². The lowest BCUT2D eigenvalue weighted by Gasteiger charge is -2.32. The first-order valence-electron chi connectivity index (χ1n) is 12.0. The van der Waals surface area contributed by atoms with Crippen LogP contribution in [0.25, 0.3) is 0 Å². The highest BCUT2D eigenvalue weighted by molar-refractivity contribution is 5.95. The number of carbonyl (C=O) groups is 2. The molecule has 0 spiro atoms. The molecule has 0 radical (unpaired) electrons. The number of aromatic nitrogens is 2. The van der Waals surface area contributed by atoms with Gasteiger partial charge in [-0.05, 0) is 19.3 Å². The highest BCUT2D eigenvalue weighted by Gasteiger charge is 2.24. The minimum absolute atomic E-state index is 0.138. The molecule has 0 atom stereocenters. The summed E-state index contributed by atoms with van der Waals surface area (Å²) >= 11 is 0. The first-order chi connectivity index (χ1) is 14.2. The molecule has 29 heavy (non-hydrogen) atoms. The van der Waals surface area contributed by atoms with Crippen molar-refractivity contribution in [2.45, 2.75) is 111 Å². The minimum atomic E-state index is 0.138. The number of hydrogen-bond acceptors (Lipinski definition) is 3. The van der Waals surface area contributed by atoms with Crippen LogP contribution in [-0.4, -0.2) is 39.5 Å². The molecule has 0 saturated carbocycles. The Balaban J connectivity index is 0.00000204. The van der Waals surface area contributed by atoms with Gasteiger partial charge in [-0.2, -0.15) is 5.10 Å². The van der Waals surface area contributed by atoms with Gasteiger partial charge in [0, 0.05) is 32.1 Å². The Labute approximate surface area is 178 Å². The third-order valence-electron chi connectivity index (χ3n) is 5.68. The number of nitrogens with zero attached hydrogens (tertiary/aromatic N) is 3. The van der Waals surface area contributed by atoms with Crippen molar-refractivity contribution in [2.75, 3.05) is 13.1 Å². The quantitative estimate of drug-likeness (QED) is 0.307. The van der Waals surface area contributed by atoms with E-state index in [0.29, 0.717) is 30.4 Å². The van der Waals surface area contributed by atoms with Gasteiger partial charge >= 0.3 is 0 Å². The minimum Gasteiger partial charge on any atom is -0.343 e. The van der Waals surface area contributed by atoms with Gasteiger partial charge < -0.3 is 4.90 Å². The van der Waals surface area contributed by atoms with E-state index < -0.39 is 0 Å². The number of rotatable bonds is 12. The molecule has 5 nitrogen and oxygen atoms in total. The summed E-state index contributed by atoms with van der Waals surface area (Å²) in [5.41, 5.74) is 0.700. The first-order valence-corrected chi connectivity index (χ1v) is 12.0. The van der Waals surface area contributed by atoms with E-state index in [-0.39, 0.29) is 5.78 Å². The fraction of sp³-hybridized carbons (Fsp3) is 0.792. The summed E-state index contributed by atoms with van der Waals surface area (Å²) < 4.78 is 1.92. The molecule has 1 aromatic rings. The maximum atomic E-state index is 12.4. The lowest BCUT2D eigenvalue weighted by Crippen LogP contribution is -2.39. The van der Waals surface area contributed by atoms with Crippen LogP contribution in [0.2, 0.25) is 0 Å². The molecule has 166 valence electrons. The number of amides is 1. The molecule has 0 aromatic carbocycles. The fourth-order valence-electron chi connectivity index (χ4n) is 3.83. The van der Waals surface area contributed by atoms with Crippen molar-refractivity contribution in [1.82, 2.24) is 14.7 Å². The molecule has 1 aliphatic heterocycles. The third-order valence-corrected chi connectivity index (χ3v) is 5.68. The number of carbonyl (C=O) groups excluding carboxylic acids is 2. The highest BCUT2D eigenvalue weighted by Crippen LogP contribution is 2.23. The largest absolute Gasteiger partial charge is 0.343 e. The average molecular weight is 406 g/mol. The van der Waals surface area contributed by atoms with Gasteiger partial charge in [-0.25, -0.2) is 0 Å². The monoisotopic (exact) mass is 405 g/mol. The molecule has 1 fully saturated rings. The Morgan fingerprint density at radius 3 is 2.14 bits per heavy atom. The second-order valence-electron chi connectivity index (χ2n) is 7.82. The van der Waals surface area contributed by atoms with Crippen molar-refractivity contribution >= 4 is 11.7 Å². The smallest absolute Gasteiger partial charge is 0.222 e. The summed E-state index contributed by atoms with van der Waals surface area (Å²) in [6, 6.07) is 0.301. The second kappa shape index (κ2) is 15.2. The Morgan fingerprint density at radius 2 is 1.55 bits per heavy atom. The van der Waals surface area contributed by atoms with Crippen LogP contribution in [-0.2, 0) is 4.79 Å². The summed E-state index contributed by atoms with van der Waals surface area (Å²) in [6.07, 6.45) is 16.7. The number of unbranched alkanes of at least 4 members (excludes halogenated alkanes) is 7. The zero-order chi connectivity index (χ0) is 21.5. The van der Waals surface area contributed by atoms with Crippen LogP contribution in [0, 0.1) is 0 Å². The topological polar surface area (TPSA) is 55.2 Å². The van der Waals surface area contributed by atoms with E-state index in [1.54, 1.807) is 6.20 Å². The maximum Gasteiger partial charge on any atom is 0.222 e. The molecule has 0 N–H and O–H groups in total. The van der Waals surface area contributed by atoms with Gasteiger partial charge in [0.05, 0.1) is 17.8 Å². The SMILES string of the molecule is CC.CCCCCCCCCCC(=O)N1CCC(n2cc(C(=O)CC)cn2)CC1. The van der Waals surface area contributed by atoms with Crippen LogP contribution in [0.15, 0.2) is 12.4 Å². The first kappa shape index (κ1) is 25.4. The molecular formula is C24H43N3O2. The number of likely N-dealkylation sites (tertiary alicyclic amines) is 1. The molecular weight excluding hydrogens is 362 g/mol. The summed E-state index contributed by atoms with van der Waals surface area (Å²) in [5.74, 6) is 0.445. The highest BCUT2D eigenvalue weighted by atomic mass is 16.2. The zero-order valence-corrected chi connectivity index (χ0v) is 19.3. The molecule has 1 aliphatic rings. The second-order valence-corrected chi connectivity index (χ2v) is 7.82. The number of Topliss-reactive ketones (excluding diaryl/α,β-unsaturated/α-hetero) is 1. The van der Waals surface area contributed by atoms with Crippen LogP contribution in [0.4, 0.5) is 0 Å². The van der Waals surface area contributed by atoms with Crippen LogP contribution in [0.3, 0.4) is 0 Å². The predicted octanol–water partition coefficient (Wildman–Crippen LogP) is 6.20. The molecule has 0 aliphatic carbocycles. The lowest BCUT2D eigenvalue weighted by atomic mass is 10.0. The van der Waals surface area contributed by atoms with Crippen LogP contribution in [0.5, 0.6) is 0 Å². The Kier molecular flexibility index (Phi) is 13.3. The average Bonchev–Trinajstić information content (AvgIpc) is 3.27. The Morgan fingerprint density at radius 1 is 0.966 bits per heavy atom. The van der Waals surface area contributed by atoms with Gasteiger partial charge in [-0.1, -0.05) is 72.6 Å². The van der Waals surface area contributed by atoms with Gasteiger partial charge in [-0.15, -0.1) is 0 Å². The van der Waals surface area contributed by atoms with E-state index in [1.807, 2.05) is 36.5 Å². The van der Waals surface area contributed by atoms with E-state index in [4.69, 9.17) is 0 Å². The maximum absolute atomic E-state index is 12.4. The fourth-order valence-corrected chi connectivity index (χ4v) is 3.83. The Bertz CT molecular complexity index is 574. The van der Waals surface area contributed by atoms with Gasteiger partial charge in [0.15, 0.2) is 5.78 Å². The van der Waals surface area contributed by atoms with E-state index in [9.17, 15) is 9.59 Å². The normalized spacial score (nSPS) is 14.4. The lowest BCUT2D eigenvalue weighted by molar-refractivity contribution is -0.132. The van der Waals surface area contributed by atoms with Crippen molar-refractivity contribution < 1.29 is 9.59 Å². The van der Waals surface area contributed by atoms with E-state index in [2.05, 4.69) is 12.0 Å². The van der Waals surface area contributed by atoms with Crippen LogP contribution >= 0.6 is 0 Å². The number of hydrogen-bond donors (Lipinski definition) is 0. The molecule has 0 unspecified atom stereocenters. The summed E-state index contributed by atoms with van der Waals surface area (Å²) in [7, 11) is 0. The summed E-state index contributed by atoms with van der Waals surface area (Å²) in [6.45, 7) is 9.72. The zero-order valence-electron chi connectivity index (χ0n) is 19.3. The summed E-state index contributed by atoms with van der Waals surface area (Å²) in [5, 5.41) is 4.37. The Hall–Kier alpha value is -1.65. The van der Waals surface area contributed by atoms with Gasteiger partial charge in [0.1, 0.15) is 0 Å². The standard InChI is InChI=1S/C22H37N3O2.C2H6/c1-3-5-6-7-8-9-10-11-12-22(27)24-15-13-20(14-16-24)25-18-19(17-23-25)21(26)4-2;1-2/h17-18,20H,3-16H2,1-2H3;1-2H3. The van der Waals surface area contributed by atoms with E-state index in [0.717, 1.165) is 32.4 Å². The van der Waals surface area contributed by atoms with Crippen LogP contribution in [0.1, 0.15) is 121 Å². The molecule has 1 amide bonds. The molecule has 2 rings (SSSR count). The van der Waals surface area contributed by atoms with Crippen molar-refractivity contribution in [3.05, 3.63) is 18.0 Å². The van der Waals surface area contributed by atoms with Gasteiger partial charge in [0.2, 0.25) is 5.91 Å². The van der Waals surface area contributed by atoms with Crippen molar-refractivity contribution in [3.8, 4) is 0 Å². The molecule has 1 aromatic heterocycles. The van der Waals surface area contributed by atoms with Crippen LogP contribution < -0.4 is 0 Å². The molecule has 5 heteroatoms. The molecule has 1 saturated heterocycles. The molecule has 2 heterocycles. The number of ketones is 1. The van der Waals surface area contributed by atoms with Crippen molar-refractivity contribution in [2.24, 2.45) is 0 Å². The molecule has 0 bridgehead atoms. The van der Waals surface area contributed by atoms with E-state index >= 15 is 0 Å². The van der Waals surface area contributed by atoms with Gasteiger partial charge in [-0.3, -0.25) is 14.3 Å². The van der Waals surface area contributed by atoms with Crippen molar-refractivity contribution in [3.63, 3.8) is 0 Å². The van der Waals surface area contributed by atoms with Gasteiger partial charge in [0.25, 0.3) is 0 Å². The number of piperidine rings is 1. The summed E-state index contributed by atoms with van der Waals surface area (Å²) in [4.78, 5) is 26.2. The van der Waals surface area contributed by atoms with Crippen molar-refractivity contribution in [1.29, 1.82) is 0 Å². The third kappa shape index (κ3) is 9.14. The predicted molar refractivity (Wildman–Crippen MR) is 120 cm³/mol.